The highest BCUT2D eigenvalue weighted by molar-refractivity contribution is 5.77. The van der Waals surface area contributed by atoms with Crippen molar-refractivity contribution in [3.05, 3.63) is 42.1 Å². The smallest absolute Gasteiger partial charge is 0.128 e. The number of hydrogen-bond donors (Lipinski definition) is 1. The summed E-state index contributed by atoms with van der Waals surface area (Å²) in [6.07, 6.45) is 1.80. The molecule has 1 heterocycles. The lowest BCUT2D eigenvalue weighted by Crippen LogP contribution is -1.96. The number of rotatable bonds is 2. The first-order valence-corrected chi connectivity index (χ1v) is 5.08. The van der Waals surface area contributed by atoms with Gasteiger partial charge < -0.3 is 10.5 Å². The second-order valence-electron chi connectivity index (χ2n) is 3.65. The van der Waals surface area contributed by atoms with E-state index in [1.165, 1.54) is 0 Å². The van der Waals surface area contributed by atoms with E-state index in [4.69, 9.17) is 10.5 Å². The highest BCUT2D eigenvalue weighted by Crippen LogP contribution is 2.31. The fraction of sp³-hybridized carbons (Fsp3) is 0.154. The molecule has 0 aliphatic carbocycles. The van der Waals surface area contributed by atoms with Crippen LogP contribution in [-0.2, 0) is 0 Å². The Morgan fingerprint density at radius 2 is 2.00 bits per heavy atom. The maximum atomic E-state index is 5.96. The first-order valence-electron chi connectivity index (χ1n) is 5.08. The van der Waals surface area contributed by atoms with Gasteiger partial charge in [-0.15, -0.1) is 0 Å². The molecule has 0 atom stereocenters. The number of hydrogen-bond acceptors (Lipinski definition) is 3. The second-order valence-corrected chi connectivity index (χ2v) is 3.65. The predicted octanol–water partition coefficient (Wildman–Crippen LogP) is 2.65. The minimum Gasteiger partial charge on any atom is -0.496 e. The Balaban J connectivity index is 2.58. The van der Waals surface area contributed by atoms with E-state index in [1.54, 1.807) is 13.3 Å². The Hall–Kier alpha value is -2.03. The molecule has 2 N–H and O–H groups in total. The average Bonchev–Trinajstić information content (AvgIpc) is 2.29. The van der Waals surface area contributed by atoms with Crippen LogP contribution in [0.4, 0.5) is 5.69 Å². The molecule has 0 spiro atoms. The van der Waals surface area contributed by atoms with E-state index < -0.39 is 0 Å². The van der Waals surface area contributed by atoms with Crippen molar-refractivity contribution in [2.75, 3.05) is 12.8 Å². The quantitative estimate of drug-likeness (QED) is 0.836. The van der Waals surface area contributed by atoms with E-state index >= 15 is 0 Å². The summed E-state index contributed by atoms with van der Waals surface area (Å²) in [4.78, 5) is 4.35. The number of pyridine rings is 1. The third kappa shape index (κ3) is 1.84. The average molecular weight is 214 g/mol. The molecule has 0 aliphatic heterocycles. The topological polar surface area (TPSA) is 48.1 Å². The molecule has 82 valence electrons. The van der Waals surface area contributed by atoms with Gasteiger partial charge in [0.25, 0.3) is 0 Å². The number of benzene rings is 1. The highest BCUT2D eigenvalue weighted by Gasteiger charge is 2.09. The Labute approximate surface area is 94.9 Å². The zero-order valence-electron chi connectivity index (χ0n) is 9.40. The lowest BCUT2D eigenvalue weighted by Gasteiger charge is -2.09. The number of methoxy groups -OCH3 is 1. The molecular weight excluding hydrogens is 200 g/mol. The van der Waals surface area contributed by atoms with Crippen molar-refractivity contribution in [1.82, 2.24) is 4.98 Å². The van der Waals surface area contributed by atoms with Gasteiger partial charge in [-0.3, -0.25) is 4.98 Å². The SMILES string of the molecule is COc1ccccc1-c1ncc(C)cc1N. The zero-order valence-corrected chi connectivity index (χ0v) is 9.40. The van der Waals surface area contributed by atoms with Crippen LogP contribution in [0.3, 0.4) is 0 Å². The molecular formula is C13H14N2O. The summed E-state index contributed by atoms with van der Waals surface area (Å²) in [5.41, 5.74) is 9.37. The minimum absolute atomic E-state index is 0.671. The van der Waals surface area contributed by atoms with Gasteiger partial charge in [0, 0.05) is 11.8 Å². The molecule has 2 rings (SSSR count). The molecule has 0 aliphatic rings. The fourth-order valence-corrected chi connectivity index (χ4v) is 1.66. The molecule has 0 amide bonds. The lowest BCUT2D eigenvalue weighted by atomic mass is 10.1. The number of nitrogens with zero attached hydrogens (tertiary/aromatic N) is 1. The summed E-state index contributed by atoms with van der Waals surface area (Å²) in [6, 6.07) is 9.63. The van der Waals surface area contributed by atoms with Gasteiger partial charge >= 0.3 is 0 Å². The van der Waals surface area contributed by atoms with E-state index in [0.29, 0.717) is 5.69 Å². The minimum atomic E-state index is 0.671. The number of aryl methyl sites for hydroxylation is 1. The van der Waals surface area contributed by atoms with Gasteiger partial charge in [-0.05, 0) is 30.7 Å². The predicted molar refractivity (Wildman–Crippen MR) is 65.4 cm³/mol. The molecule has 1 aromatic heterocycles. The van der Waals surface area contributed by atoms with Crippen molar-refractivity contribution >= 4 is 5.69 Å². The van der Waals surface area contributed by atoms with Crippen molar-refractivity contribution in [3.8, 4) is 17.0 Å². The van der Waals surface area contributed by atoms with E-state index in [-0.39, 0.29) is 0 Å². The maximum Gasteiger partial charge on any atom is 0.128 e. The second kappa shape index (κ2) is 4.23. The van der Waals surface area contributed by atoms with E-state index in [9.17, 15) is 0 Å². The van der Waals surface area contributed by atoms with Gasteiger partial charge in [0.05, 0.1) is 18.5 Å². The van der Waals surface area contributed by atoms with E-state index in [2.05, 4.69) is 4.98 Å². The summed E-state index contributed by atoms with van der Waals surface area (Å²) in [6.45, 7) is 1.97. The summed E-state index contributed by atoms with van der Waals surface area (Å²) in [5.74, 6) is 0.783. The Bertz CT molecular complexity index is 509. The monoisotopic (exact) mass is 214 g/mol. The number of ether oxygens (including phenoxy) is 1. The molecule has 0 saturated carbocycles. The van der Waals surface area contributed by atoms with Gasteiger partial charge in [-0.2, -0.15) is 0 Å². The molecule has 0 radical (unpaired) electrons. The highest BCUT2D eigenvalue weighted by atomic mass is 16.5. The fourth-order valence-electron chi connectivity index (χ4n) is 1.66. The lowest BCUT2D eigenvalue weighted by molar-refractivity contribution is 0.416. The molecule has 16 heavy (non-hydrogen) atoms. The molecule has 3 heteroatoms. The van der Waals surface area contributed by atoms with Gasteiger partial charge in [-0.25, -0.2) is 0 Å². The first-order chi connectivity index (χ1) is 7.72. The number of aromatic nitrogens is 1. The van der Waals surface area contributed by atoms with Crippen molar-refractivity contribution in [3.63, 3.8) is 0 Å². The van der Waals surface area contributed by atoms with Gasteiger partial charge in [0.1, 0.15) is 5.75 Å². The maximum absolute atomic E-state index is 5.96. The Morgan fingerprint density at radius 3 is 2.69 bits per heavy atom. The van der Waals surface area contributed by atoms with Crippen LogP contribution in [0.25, 0.3) is 11.3 Å². The van der Waals surface area contributed by atoms with Crippen molar-refractivity contribution in [2.24, 2.45) is 0 Å². The first kappa shape index (κ1) is 10.5. The Kier molecular flexibility index (Phi) is 2.77. The molecule has 0 saturated heterocycles. The van der Waals surface area contributed by atoms with E-state index in [1.807, 2.05) is 37.3 Å². The summed E-state index contributed by atoms with van der Waals surface area (Å²) in [7, 11) is 1.64. The number of nitrogens with two attached hydrogens (primary N) is 1. The molecule has 3 nitrogen and oxygen atoms in total. The van der Waals surface area contributed by atoms with Crippen LogP contribution < -0.4 is 10.5 Å². The van der Waals surface area contributed by atoms with Crippen LogP contribution in [-0.4, -0.2) is 12.1 Å². The third-order valence-electron chi connectivity index (χ3n) is 2.42. The standard InChI is InChI=1S/C13H14N2O/c1-9-7-11(14)13(15-8-9)10-5-3-4-6-12(10)16-2/h3-8H,14H2,1-2H3. The third-order valence-corrected chi connectivity index (χ3v) is 2.42. The molecule has 0 fully saturated rings. The molecule has 0 bridgehead atoms. The molecule has 1 aromatic carbocycles. The largest absolute Gasteiger partial charge is 0.496 e. The van der Waals surface area contributed by atoms with Crippen LogP contribution in [0.15, 0.2) is 36.5 Å². The van der Waals surface area contributed by atoms with Crippen molar-refractivity contribution < 1.29 is 4.74 Å². The van der Waals surface area contributed by atoms with Crippen LogP contribution in [0.1, 0.15) is 5.56 Å². The Morgan fingerprint density at radius 1 is 1.25 bits per heavy atom. The van der Waals surface area contributed by atoms with Crippen molar-refractivity contribution in [2.45, 2.75) is 6.92 Å². The summed E-state index contributed by atoms with van der Waals surface area (Å²) < 4.78 is 5.29. The summed E-state index contributed by atoms with van der Waals surface area (Å²) >= 11 is 0. The van der Waals surface area contributed by atoms with Gasteiger partial charge in [-0.1, -0.05) is 12.1 Å². The normalized spacial score (nSPS) is 10.1. The number of anilines is 1. The van der Waals surface area contributed by atoms with Crippen LogP contribution in [0, 0.1) is 6.92 Å². The number of nitrogen functional groups attached to an aromatic ring is 1. The van der Waals surface area contributed by atoms with Gasteiger partial charge in [0.15, 0.2) is 0 Å². The van der Waals surface area contributed by atoms with Gasteiger partial charge in [0.2, 0.25) is 0 Å². The summed E-state index contributed by atoms with van der Waals surface area (Å²) in [5, 5.41) is 0. The van der Waals surface area contributed by atoms with Crippen LogP contribution in [0.5, 0.6) is 5.75 Å². The zero-order chi connectivity index (χ0) is 11.5. The van der Waals surface area contributed by atoms with Crippen LogP contribution in [0.2, 0.25) is 0 Å². The molecule has 0 unspecified atom stereocenters. The molecule has 2 aromatic rings. The number of para-hydroxylation sites is 1. The van der Waals surface area contributed by atoms with Crippen LogP contribution >= 0.6 is 0 Å². The van der Waals surface area contributed by atoms with E-state index in [0.717, 1.165) is 22.6 Å². The van der Waals surface area contributed by atoms with Crippen molar-refractivity contribution in [1.29, 1.82) is 0 Å².